The van der Waals surface area contributed by atoms with Crippen LogP contribution in [-0.4, -0.2) is 15.9 Å². The lowest BCUT2D eigenvalue weighted by atomic mass is 10.4. The Morgan fingerprint density at radius 3 is 2.88 bits per heavy atom. The van der Waals surface area contributed by atoms with Gasteiger partial charge < -0.3 is 5.32 Å². The lowest BCUT2D eigenvalue weighted by molar-refractivity contribution is 0.972. The summed E-state index contributed by atoms with van der Waals surface area (Å²) in [5.41, 5.74) is 0. The molecule has 2 rings (SSSR count). The van der Waals surface area contributed by atoms with Crippen molar-refractivity contribution in [2.45, 2.75) is 24.0 Å². The molecule has 0 atom stereocenters. The molecule has 0 unspecified atom stereocenters. The minimum atomic E-state index is 0.828. The average molecular weight is 265 g/mol. The maximum absolute atomic E-state index is 4.44. The van der Waals surface area contributed by atoms with E-state index in [1.807, 2.05) is 18.2 Å². The van der Waals surface area contributed by atoms with E-state index in [1.54, 1.807) is 11.8 Å². The van der Waals surface area contributed by atoms with E-state index in [4.69, 9.17) is 0 Å². The molecule has 0 fully saturated rings. The highest BCUT2D eigenvalue weighted by atomic mass is 32.2. The maximum atomic E-state index is 4.44. The fourth-order valence-corrected chi connectivity index (χ4v) is 2.75. The summed E-state index contributed by atoms with van der Waals surface area (Å²) in [6.07, 6.45) is 1.10. The Labute approximate surface area is 110 Å². The van der Waals surface area contributed by atoms with Crippen LogP contribution in [0, 0.1) is 0 Å². The zero-order valence-electron chi connectivity index (χ0n) is 9.72. The molecule has 17 heavy (non-hydrogen) atoms. The van der Waals surface area contributed by atoms with Crippen molar-refractivity contribution < 1.29 is 0 Å². The lowest BCUT2D eigenvalue weighted by Gasteiger charge is -1.98. The first kappa shape index (κ1) is 12.4. The number of nitrogens with zero attached hydrogens (tertiary/aromatic N) is 2. The first-order chi connectivity index (χ1) is 8.38. The molecule has 0 aliphatic rings. The Morgan fingerprint density at radius 2 is 2.12 bits per heavy atom. The molecule has 5 heteroatoms. The number of hydrogen-bond donors (Lipinski definition) is 1. The molecule has 0 radical (unpaired) electrons. The van der Waals surface area contributed by atoms with Gasteiger partial charge in [0.15, 0.2) is 5.82 Å². The summed E-state index contributed by atoms with van der Waals surface area (Å²) >= 11 is 3.20. The van der Waals surface area contributed by atoms with Gasteiger partial charge in [-0.2, -0.15) is 4.37 Å². The second-order valence-corrected chi connectivity index (χ2v) is 5.34. The molecule has 3 nitrogen and oxygen atoms in total. The standard InChI is InChI=1S/C12H15N3S2/c1-2-8-13-12-14-11(15-17-12)9-16-10-6-4-3-5-7-10/h3-7H,2,8-9H2,1H3,(H,13,14,15). The third kappa shape index (κ3) is 4.02. The number of nitrogens with one attached hydrogen (secondary N) is 1. The predicted octanol–water partition coefficient (Wildman–Crippen LogP) is 3.65. The summed E-state index contributed by atoms with van der Waals surface area (Å²) < 4.78 is 4.33. The van der Waals surface area contributed by atoms with E-state index >= 15 is 0 Å². The van der Waals surface area contributed by atoms with Crippen molar-refractivity contribution >= 4 is 28.4 Å². The Hall–Kier alpha value is -1.07. The van der Waals surface area contributed by atoms with Gasteiger partial charge in [0.05, 0.1) is 5.75 Å². The Morgan fingerprint density at radius 1 is 1.29 bits per heavy atom. The van der Waals surface area contributed by atoms with Crippen molar-refractivity contribution in [2.24, 2.45) is 0 Å². The zero-order valence-corrected chi connectivity index (χ0v) is 11.4. The van der Waals surface area contributed by atoms with Crippen LogP contribution in [0.4, 0.5) is 5.13 Å². The van der Waals surface area contributed by atoms with Gasteiger partial charge in [-0.3, -0.25) is 0 Å². The highest BCUT2D eigenvalue weighted by Crippen LogP contribution is 2.22. The first-order valence-corrected chi connectivity index (χ1v) is 7.38. The molecular formula is C12H15N3S2. The molecule has 0 saturated heterocycles. The maximum Gasteiger partial charge on any atom is 0.202 e. The van der Waals surface area contributed by atoms with Gasteiger partial charge >= 0.3 is 0 Å². The molecule has 0 amide bonds. The molecule has 1 heterocycles. The van der Waals surface area contributed by atoms with Crippen LogP contribution in [0.3, 0.4) is 0 Å². The summed E-state index contributed by atoms with van der Waals surface area (Å²) in [7, 11) is 0. The van der Waals surface area contributed by atoms with Crippen molar-refractivity contribution in [3.05, 3.63) is 36.2 Å². The van der Waals surface area contributed by atoms with Crippen LogP contribution in [0.5, 0.6) is 0 Å². The molecule has 0 spiro atoms. The molecule has 1 aromatic heterocycles. The fraction of sp³-hybridized carbons (Fsp3) is 0.333. The number of anilines is 1. The van der Waals surface area contributed by atoms with Crippen LogP contribution in [0.25, 0.3) is 0 Å². The van der Waals surface area contributed by atoms with E-state index in [0.717, 1.165) is 29.7 Å². The molecule has 0 aliphatic carbocycles. The highest BCUT2D eigenvalue weighted by Gasteiger charge is 2.03. The normalized spacial score (nSPS) is 10.4. The topological polar surface area (TPSA) is 37.8 Å². The fourth-order valence-electron chi connectivity index (χ4n) is 1.28. The van der Waals surface area contributed by atoms with E-state index < -0.39 is 0 Å². The van der Waals surface area contributed by atoms with Crippen LogP contribution in [0.2, 0.25) is 0 Å². The Bertz CT molecular complexity index is 442. The smallest absolute Gasteiger partial charge is 0.202 e. The van der Waals surface area contributed by atoms with Gasteiger partial charge in [-0.1, -0.05) is 25.1 Å². The van der Waals surface area contributed by atoms with Gasteiger partial charge in [-0.05, 0) is 18.6 Å². The van der Waals surface area contributed by atoms with Crippen molar-refractivity contribution in [3.63, 3.8) is 0 Å². The molecule has 0 aliphatic heterocycles. The molecule has 1 aromatic carbocycles. The van der Waals surface area contributed by atoms with E-state index in [9.17, 15) is 0 Å². The van der Waals surface area contributed by atoms with Gasteiger partial charge in [-0.15, -0.1) is 11.8 Å². The van der Waals surface area contributed by atoms with E-state index in [0.29, 0.717) is 0 Å². The minimum Gasteiger partial charge on any atom is -0.360 e. The van der Waals surface area contributed by atoms with Gasteiger partial charge in [0.2, 0.25) is 5.13 Å². The Balaban J connectivity index is 1.85. The average Bonchev–Trinajstić information content (AvgIpc) is 2.83. The number of thioether (sulfide) groups is 1. The monoisotopic (exact) mass is 265 g/mol. The molecule has 1 N–H and O–H groups in total. The second-order valence-electron chi connectivity index (χ2n) is 3.54. The van der Waals surface area contributed by atoms with Gasteiger partial charge in [-0.25, -0.2) is 4.98 Å². The van der Waals surface area contributed by atoms with E-state index in [-0.39, 0.29) is 0 Å². The molecular weight excluding hydrogens is 250 g/mol. The quantitative estimate of drug-likeness (QED) is 0.809. The van der Waals surface area contributed by atoms with Crippen LogP contribution >= 0.6 is 23.3 Å². The van der Waals surface area contributed by atoms with Crippen molar-refractivity contribution in [3.8, 4) is 0 Å². The van der Waals surface area contributed by atoms with Crippen LogP contribution in [0.15, 0.2) is 35.2 Å². The lowest BCUT2D eigenvalue weighted by Crippen LogP contribution is -1.98. The van der Waals surface area contributed by atoms with Gasteiger partial charge in [0, 0.05) is 23.0 Å². The van der Waals surface area contributed by atoms with Crippen LogP contribution < -0.4 is 5.32 Å². The van der Waals surface area contributed by atoms with Crippen molar-refractivity contribution in [2.75, 3.05) is 11.9 Å². The van der Waals surface area contributed by atoms with Crippen LogP contribution in [0.1, 0.15) is 19.2 Å². The SMILES string of the molecule is CCCNc1nc(CSc2ccccc2)ns1. The number of rotatable bonds is 6. The van der Waals surface area contributed by atoms with Gasteiger partial charge in [0.1, 0.15) is 0 Å². The predicted molar refractivity (Wildman–Crippen MR) is 74.7 cm³/mol. The third-order valence-electron chi connectivity index (χ3n) is 2.11. The summed E-state index contributed by atoms with van der Waals surface area (Å²) in [4.78, 5) is 5.69. The number of aromatic nitrogens is 2. The molecule has 2 aromatic rings. The summed E-state index contributed by atoms with van der Waals surface area (Å²) in [6.45, 7) is 3.10. The zero-order chi connectivity index (χ0) is 11.9. The second kappa shape index (κ2) is 6.61. The van der Waals surface area contributed by atoms with Gasteiger partial charge in [0.25, 0.3) is 0 Å². The number of benzene rings is 1. The van der Waals surface area contributed by atoms with Crippen molar-refractivity contribution in [1.29, 1.82) is 0 Å². The highest BCUT2D eigenvalue weighted by molar-refractivity contribution is 7.98. The minimum absolute atomic E-state index is 0.828. The third-order valence-corrected chi connectivity index (χ3v) is 3.82. The molecule has 0 bridgehead atoms. The molecule has 90 valence electrons. The summed E-state index contributed by atoms with van der Waals surface area (Å²) in [5, 5.41) is 4.17. The number of hydrogen-bond acceptors (Lipinski definition) is 5. The summed E-state index contributed by atoms with van der Waals surface area (Å²) in [6, 6.07) is 10.3. The summed E-state index contributed by atoms with van der Waals surface area (Å²) in [5.74, 6) is 1.73. The van der Waals surface area contributed by atoms with Crippen LogP contribution in [-0.2, 0) is 5.75 Å². The largest absolute Gasteiger partial charge is 0.360 e. The van der Waals surface area contributed by atoms with E-state index in [1.165, 1.54) is 16.4 Å². The first-order valence-electron chi connectivity index (χ1n) is 5.63. The van der Waals surface area contributed by atoms with E-state index in [2.05, 4.69) is 33.7 Å². The Kier molecular flexibility index (Phi) is 4.82. The molecule has 0 saturated carbocycles. The van der Waals surface area contributed by atoms with Crippen molar-refractivity contribution in [1.82, 2.24) is 9.36 Å².